The van der Waals surface area contributed by atoms with Gasteiger partial charge in [0.05, 0.1) is 12.6 Å². The molecule has 1 aromatic heterocycles. The fourth-order valence-electron chi connectivity index (χ4n) is 3.79. The molecule has 2 heterocycles. The van der Waals surface area contributed by atoms with E-state index < -0.39 is 0 Å². The minimum absolute atomic E-state index is 0.0561. The van der Waals surface area contributed by atoms with Crippen molar-refractivity contribution in [3.05, 3.63) is 12.7 Å². The lowest BCUT2D eigenvalue weighted by Gasteiger charge is -2.21. The van der Waals surface area contributed by atoms with Gasteiger partial charge in [-0.2, -0.15) is 10.4 Å². The summed E-state index contributed by atoms with van der Waals surface area (Å²) < 4.78 is 1.88. The van der Waals surface area contributed by atoms with Crippen molar-refractivity contribution in [2.24, 2.45) is 11.8 Å². The molecule has 2 aliphatic rings. The molecule has 1 aliphatic carbocycles. The van der Waals surface area contributed by atoms with Gasteiger partial charge < -0.3 is 10.2 Å². The fourth-order valence-corrected chi connectivity index (χ4v) is 3.79. The Labute approximate surface area is 136 Å². The molecule has 7 nitrogen and oxygen atoms in total. The number of aromatic nitrogens is 3. The van der Waals surface area contributed by atoms with Gasteiger partial charge in [-0.3, -0.25) is 9.48 Å². The Kier molecular flexibility index (Phi) is 4.91. The summed E-state index contributed by atoms with van der Waals surface area (Å²) in [5, 5.41) is 16.7. The van der Waals surface area contributed by atoms with Crippen LogP contribution in [0.5, 0.6) is 0 Å². The van der Waals surface area contributed by atoms with E-state index in [-0.39, 0.29) is 11.9 Å². The van der Waals surface area contributed by atoms with Crippen LogP contribution in [-0.2, 0) is 11.3 Å². The third-order valence-electron chi connectivity index (χ3n) is 4.97. The molecule has 0 radical (unpaired) electrons. The summed E-state index contributed by atoms with van der Waals surface area (Å²) in [4.78, 5) is 18.0. The maximum Gasteiger partial charge on any atom is 0.237 e. The fraction of sp³-hybridized carbons (Fsp3) is 0.750. The summed E-state index contributed by atoms with van der Waals surface area (Å²) in [5.74, 6) is 1.06. The van der Waals surface area contributed by atoms with Crippen LogP contribution in [0.25, 0.3) is 0 Å². The number of carbonyl (C=O) groups excluding carboxylic acids is 1. The molecular weight excluding hydrogens is 292 g/mol. The summed E-state index contributed by atoms with van der Waals surface area (Å²) in [5.41, 5.74) is 0. The first-order chi connectivity index (χ1) is 11.2. The monoisotopic (exact) mass is 316 g/mol. The number of rotatable bonds is 5. The van der Waals surface area contributed by atoms with E-state index in [4.69, 9.17) is 5.26 Å². The van der Waals surface area contributed by atoms with Crippen molar-refractivity contribution in [3.63, 3.8) is 0 Å². The largest absolute Gasteiger partial charge is 0.325 e. The quantitative estimate of drug-likeness (QED) is 0.868. The maximum absolute atomic E-state index is 12.3. The third kappa shape index (κ3) is 3.88. The Morgan fingerprint density at radius 2 is 2.30 bits per heavy atom. The van der Waals surface area contributed by atoms with Crippen molar-refractivity contribution in [2.45, 2.75) is 51.2 Å². The second-order valence-electron chi connectivity index (χ2n) is 6.91. The number of hydrogen-bond donors (Lipinski definition) is 1. The first-order valence-electron chi connectivity index (χ1n) is 8.40. The molecule has 1 aromatic rings. The van der Waals surface area contributed by atoms with Crippen LogP contribution in [0.15, 0.2) is 12.7 Å². The van der Waals surface area contributed by atoms with Crippen LogP contribution in [0.4, 0.5) is 0 Å². The van der Waals surface area contributed by atoms with Gasteiger partial charge in [-0.15, -0.1) is 0 Å². The van der Waals surface area contributed by atoms with Crippen LogP contribution >= 0.6 is 0 Å². The molecule has 1 saturated heterocycles. The number of amides is 1. The molecule has 3 rings (SSSR count). The highest BCUT2D eigenvalue weighted by Gasteiger charge is 2.33. The Bertz CT molecular complexity index is 566. The van der Waals surface area contributed by atoms with Gasteiger partial charge in [-0.1, -0.05) is 6.92 Å². The van der Waals surface area contributed by atoms with E-state index in [2.05, 4.69) is 28.4 Å². The zero-order valence-electron chi connectivity index (χ0n) is 13.6. The zero-order valence-corrected chi connectivity index (χ0v) is 13.6. The first-order valence-corrected chi connectivity index (χ1v) is 8.40. The van der Waals surface area contributed by atoms with Crippen LogP contribution in [0.2, 0.25) is 0 Å². The predicted octanol–water partition coefficient (Wildman–Crippen LogP) is 0.797. The molecular formula is C16H24N6O. The Balaban J connectivity index is 1.42. The van der Waals surface area contributed by atoms with E-state index in [0.717, 1.165) is 32.2 Å². The summed E-state index contributed by atoms with van der Waals surface area (Å²) in [7, 11) is 0. The minimum atomic E-state index is -0.247. The molecule has 1 N–H and O–H groups in total. The van der Waals surface area contributed by atoms with Gasteiger partial charge in [0, 0.05) is 19.1 Å². The molecule has 7 heteroatoms. The molecule has 2 fully saturated rings. The van der Waals surface area contributed by atoms with Crippen LogP contribution < -0.4 is 5.32 Å². The average Bonchev–Trinajstić information content (AvgIpc) is 3.26. The van der Waals surface area contributed by atoms with Gasteiger partial charge >= 0.3 is 0 Å². The smallest absolute Gasteiger partial charge is 0.237 e. The second kappa shape index (κ2) is 7.09. The number of nitrogens with zero attached hydrogens (tertiary/aromatic N) is 5. The third-order valence-corrected chi connectivity index (χ3v) is 4.97. The van der Waals surface area contributed by atoms with Crippen molar-refractivity contribution >= 4 is 5.91 Å². The lowest BCUT2D eigenvalue weighted by molar-refractivity contribution is -0.130. The number of carbonyl (C=O) groups is 1. The first kappa shape index (κ1) is 15.9. The maximum atomic E-state index is 12.3. The van der Waals surface area contributed by atoms with E-state index in [1.54, 1.807) is 17.6 Å². The van der Waals surface area contributed by atoms with Crippen molar-refractivity contribution in [2.75, 3.05) is 13.1 Å². The van der Waals surface area contributed by atoms with Crippen LogP contribution in [0.3, 0.4) is 0 Å². The van der Waals surface area contributed by atoms with E-state index in [1.165, 1.54) is 0 Å². The van der Waals surface area contributed by atoms with Crippen molar-refractivity contribution in [3.8, 4) is 6.07 Å². The molecule has 1 amide bonds. The Morgan fingerprint density at radius 1 is 1.43 bits per heavy atom. The summed E-state index contributed by atoms with van der Waals surface area (Å²) in [6.45, 7) is 4.03. The van der Waals surface area contributed by atoms with E-state index in [9.17, 15) is 4.79 Å². The molecule has 124 valence electrons. The molecule has 1 saturated carbocycles. The molecule has 23 heavy (non-hydrogen) atoms. The summed E-state index contributed by atoms with van der Waals surface area (Å²) in [6, 6.07) is 2.38. The molecule has 1 aliphatic heterocycles. The van der Waals surface area contributed by atoms with E-state index in [1.807, 2.05) is 4.68 Å². The van der Waals surface area contributed by atoms with Gasteiger partial charge in [-0.25, -0.2) is 4.98 Å². The zero-order chi connectivity index (χ0) is 16.2. The topological polar surface area (TPSA) is 86.8 Å². The average molecular weight is 316 g/mol. The standard InChI is InChI=1S/C16H24N6O/c1-12-4-15(6-17)22(8-12)16(23)7-19-14-3-2-13(5-14)9-21-11-18-10-20-21/h10-15,19H,2-5,7-9H2,1H3. The van der Waals surface area contributed by atoms with Crippen molar-refractivity contribution in [1.29, 1.82) is 5.26 Å². The molecule has 0 aromatic carbocycles. The summed E-state index contributed by atoms with van der Waals surface area (Å²) in [6.07, 6.45) is 7.40. The highest BCUT2D eigenvalue weighted by molar-refractivity contribution is 5.79. The van der Waals surface area contributed by atoms with Crippen molar-refractivity contribution in [1.82, 2.24) is 25.0 Å². The highest BCUT2D eigenvalue weighted by Crippen LogP contribution is 2.27. The molecule has 4 unspecified atom stereocenters. The van der Waals surface area contributed by atoms with Gasteiger partial charge in [0.2, 0.25) is 5.91 Å². The van der Waals surface area contributed by atoms with Crippen LogP contribution in [-0.4, -0.2) is 50.7 Å². The predicted molar refractivity (Wildman–Crippen MR) is 84.0 cm³/mol. The SMILES string of the molecule is CC1CC(C#N)N(C(=O)CNC2CCC(Cn3cncn3)C2)C1. The Hall–Kier alpha value is -1.94. The normalized spacial score (nSPS) is 30.5. The summed E-state index contributed by atoms with van der Waals surface area (Å²) >= 11 is 0. The highest BCUT2D eigenvalue weighted by atomic mass is 16.2. The van der Waals surface area contributed by atoms with Gasteiger partial charge in [0.25, 0.3) is 0 Å². The van der Waals surface area contributed by atoms with Gasteiger partial charge in [-0.05, 0) is 37.5 Å². The minimum Gasteiger partial charge on any atom is -0.325 e. The number of nitriles is 1. The lowest BCUT2D eigenvalue weighted by Crippen LogP contribution is -2.43. The second-order valence-corrected chi connectivity index (χ2v) is 6.91. The van der Waals surface area contributed by atoms with Gasteiger partial charge in [0.15, 0.2) is 0 Å². The number of hydrogen-bond acceptors (Lipinski definition) is 5. The van der Waals surface area contributed by atoms with E-state index >= 15 is 0 Å². The number of likely N-dealkylation sites (tertiary alicyclic amines) is 1. The van der Waals surface area contributed by atoms with Crippen LogP contribution in [0.1, 0.15) is 32.6 Å². The Morgan fingerprint density at radius 3 is 3.04 bits per heavy atom. The molecule has 0 spiro atoms. The van der Waals surface area contributed by atoms with Crippen LogP contribution in [0, 0.1) is 23.2 Å². The molecule has 0 bridgehead atoms. The van der Waals surface area contributed by atoms with E-state index in [0.29, 0.717) is 31.0 Å². The number of nitrogens with one attached hydrogen (secondary N) is 1. The molecule has 4 atom stereocenters. The lowest BCUT2D eigenvalue weighted by atomic mass is 10.1. The van der Waals surface area contributed by atoms with Crippen molar-refractivity contribution < 1.29 is 4.79 Å². The van der Waals surface area contributed by atoms with Gasteiger partial charge in [0.1, 0.15) is 18.7 Å².